The molecule has 1 heterocycles. The van der Waals surface area contributed by atoms with Gasteiger partial charge in [0.15, 0.2) is 11.5 Å². The summed E-state index contributed by atoms with van der Waals surface area (Å²) in [5.74, 6) is 0.359. The van der Waals surface area contributed by atoms with Crippen molar-refractivity contribution >= 4 is 50.8 Å². The highest BCUT2D eigenvalue weighted by Crippen LogP contribution is 2.53. The number of carboxylic acids is 1. The molecule has 3 atom stereocenters. The smallest absolute Gasteiger partial charge is 0.337 e. The minimum absolute atomic E-state index is 0.0531. The fourth-order valence-electron chi connectivity index (χ4n) is 4.80. The largest absolute Gasteiger partial charge is 0.496 e. The van der Waals surface area contributed by atoms with Crippen LogP contribution in [0.25, 0.3) is 0 Å². The van der Waals surface area contributed by atoms with Gasteiger partial charge in [0.25, 0.3) is 0 Å². The highest BCUT2D eigenvalue weighted by Gasteiger charge is 2.39. The predicted molar refractivity (Wildman–Crippen MR) is 141 cm³/mol. The number of hydrogen-bond acceptors (Lipinski definition) is 5. The molecule has 0 amide bonds. The number of nitrogens with one attached hydrogen (secondary N) is 1. The minimum atomic E-state index is -1.03. The summed E-state index contributed by atoms with van der Waals surface area (Å²) in [5.41, 5.74) is 3.26. The maximum atomic E-state index is 12.2. The van der Waals surface area contributed by atoms with Crippen LogP contribution in [0.15, 0.2) is 46.9 Å². The Hall–Kier alpha value is -2.61. The van der Waals surface area contributed by atoms with Crippen molar-refractivity contribution in [3.63, 3.8) is 0 Å². The van der Waals surface area contributed by atoms with Gasteiger partial charge in [-0.3, -0.25) is 0 Å². The highest BCUT2D eigenvalue weighted by molar-refractivity contribution is 9.10. The second kappa shape index (κ2) is 10.2. The van der Waals surface area contributed by atoms with Crippen molar-refractivity contribution in [2.45, 2.75) is 18.9 Å². The minimum Gasteiger partial charge on any atom is -0.496 e. The second-order valence-electron chi connectivity index (χ2n) is 8.30. The summed E-state index contributed by atoms with van der Waals surface area (Å²) in [6, 6.07) is 12.4. The van der Waals surface area contributed by atoms with Gasteiger partial charge in [-0.25, -0.2) is 4.79 Å². The summed E-state index contributed by atoms with van der Waals surface area (Å²) in [5, 5.41) is 14.4. The average Bonchev–Trinajstić information content (AvgIpc) is 2.84. The van der Waals surface area contributed by atoms with E-state index in [9.17, 15) is 9.90 Å². The maximum Gasteiger partial charge on any atom is 0.337 e. The van der Waals surface area contributed by atoms with Crippen molar-refractivity contribution in [1.29, 1.82) is 0 Å². The summed E-state index contributed by atoms with van der Waals surface area (Å²) in [7, 11) is 4.74. The van der Waals surface area contributed by atoms with Crippen LogP contribution in [0.3, 0.4) is 0 Å². The number of rotatable bonds is 6. The van der Waals surface area contributed by atoms with Gasteiger partial charge in [-0.15, -0.1) is 0 Å². The molecule has 184 valence electrons. The van der Waals surface area contributed by atoms with Crippen LogP contribution in [0.1, 0.15) is 45.9 Å². The first-order valence-corrected chi connectivity index (χ1v) is 12.3. The number of fused-ring (bicyclic) bond motifs is 1. The van der Waals surface area contributed by atoms with Crippen molar-refractivity contribution in [2.24, 2.45) is 5.92 Å². The highest BCUT2D eigenvalue weighted by atomic mass is 79.9. The van der Waals surface area contributed by atoms with Gasteiger partial charge in [0.05, 0.1) is 48.7 Å². The Bertz CT molecular complexity index is 1300. The molecule has 0 aromatic heterocycles. The molecule has 35 heavy (non-hydrogen) atoms. The fraction of sp³-hybridized carbons (Fsp3) is 0.269. The molecule has 4 rings (SSSR count). The van der Waals surface area contributed by atoms with E-state index in [0.29, 0.717) is 37.5 Å². The summed E-state index contributed by atoms with van der Waals surface area (Å²) in [6.07, 6.45) is 0. The van der Waals surface area contributed by atoms with E-state index < -0.39 is 5.97 Å². The monoisotopic (exact) mass is 579 g/mol. The van der Waals surface area contributed by atoms with E-state index in [1.807, 2.05) is 24.3 Å². The van der Waals surface area contributed by atoms with Crippen molar-refractivity contribution in [3.05, 3.63) is 79.2 Å². The number of benzene rings is 3. The van der Waals surface area contributed by atoms with E-state index in [0.717, 1.165) is 16.7 Å². The van der Waals surface area contributed by atoms with Crippen molar-refractivity contribution < 1.29 is 24.1 Å². The Morgan fingerprint density at radius 2 is 1.57 bits per heavy atom. The molecule has 3 aromatic carbocycles. The lowest BCUT2D eigenvalue weighted by molar-refractivity contribution is 0.0697. The molecule has 1 aliphatic rings. The Kier molecular flexibility index (Phi) is 7.40. The van der Waals surface area contributed by atoms with Crippen molar-refractivity contribution in [1.82, 2.24) is 0 Å². The Labute approximate surface area is 222 Å². The molecule has 0 unspecified atom stereocenters. The predicted octanol–water partition coefficient (Wildman–Crippen LogP) is 7.41. The number of carboxylic acid groups (broad SMARTS) is 1. The van der Waals surface area contributed by atoms with Crippen LogP contribution in [-0.4, -0.2) is 32.4 Å². The number of carbonyl (C=O) groups is 1. The van der Waals surface area contributed by atoms with Crippen LogP contribution in [0.2, 0.25) is 10.0 Å². The molecule has 6 nitrogen and oxygen atoms in total. The zero-order chi connectivity index (χ0) is 25.4. The molecule has 0 fully saturated rings. The van der Waals surface area contributed by atoms with E-state index in [4.69, 9.17) is 37.4 Å². The van der Waals surface area contributed by atoms with Gasteiger partial charge in [0.1, 0.15) is 5.75 Å². The fourth-order valence-corrected chi connectivity index (χ4v) is 5.59. The third kappa shape index (κ3) is 4.65. The standard InChI is InChI=1S/C26H24BrCl2NO5/c1-12-23(15-10-21(34-3)22(35-4)11-20(15)33-2)16-8-14(27)9-17(26(31)32)25(16)30-24(12)13-5-6-18(28)19(29)7-13/h5-12,23-24,30H,1-4H3,(H,31,32)/t12-,23+,24+/m0/s1. The summed E-state index contributed by atoms with van der Waals surface area (Å²) in [4.78, 5) is 12.2. The quantitative estimate of drug-likeness (QED) is 0.316. The van der Waals surface area contributed by atoms with Crippen molar-refractivity contribution in [3.8, 4) is 17.2 Å². The van der Waals surface area contributed by atoms with Gasteiger partial charge in [0, 0.05) is 22.0 Å². The van der Waals surface area contributed by atoms with Crippen LogP contribution >= 0.6 is 39.1 Å². The normalized spacial score (nSPS) is 18.9. The van der Waals surface area contributed by atoms with Crippen LogP contribution in [0, 0.1) is 5.92 Å². The van der Waals surface area contributed by atoms with E-state index in [1.165, 1.54) is 0 Å². The van der Waals surface area contributed by atoms with Crippen LogP contribution < -0.4 is 19.5 Å². The van der Waals surface area contributed by atoms with Crippen LogP contribution in [0.4, 0.5) is 5.69 Å². The van der Waals surface area contributed by atoms with Gasteiger partial charge in [-0.2, -0.15) is 0 Å². The molecule has 0 saturated heterocycles. The molecule has 0 bridgehead atoms. The van der Waals surface area contributed by atoms with Crippen LogP contribution in [0.5, 0.6) is 17.2 Å². The summed E-state index contributed by atoms with van der Waals surface area (Å²) in [6.45, 7) is 2.10. The van der Waals surface area contributed by atoms with E-state index in [1.54, 1.807) is 39.5 Å². The first-order chi connectivity index (χ1) is 16.7. The first-order valence-electron chi connectivity index (χ1n) is 10.8. The number of halogens is 3. The van der Waals surface area contributed by atoms with Gasteiger partial charge < -0.3 is 24.6 Å². The number of aromatic carboxylic acids is 1. The SMILES string of the molecule is COc1cc(OC)c([C@@H]2c3cc(Br)cc(C(=O)O)c3N[C@@H](c3ccc(Cl)c(Cl)c3)[C@H]2C)cc1OC. The zero-order valence-electron chi connectivity index (χ0n) is 19.5. The molecular weight excluding hydrogens is 557 g/mol. The number of methoxy groups -OCH3 is 3. The van der Waals surface area contributed by atoms with E-state index >= 15 is 0 Å². The Morgan fingerprint density at radius 1 is 0.914 bits per heavy atom. The zero-order valence-corrected chi connectivity index (χ0v) is 22.6. The lowest BCUT2D eigenvalue weighted by Gasteiger charge is -2.41. The van der Waals surface area contributed by atoms with Gasteiger partial charge in [0.2, 0.25) is 0 Å². The second-order valence-corrected chi connectivity index (χ2v) is 10.0. The number of ether oxygens (including phenoxy) is 3. The third-order valence-corrected chi connectivity index (χ3v) is 7.62. The summed E-state index contributed by atoms with van der Waals surface area (Å²) >= 11 is 16.0. The average molecular weight is 581 g/mol. The molecule has 0 radical (unpaired) electrons. The molecule has 3 aromatic rings. The number of anilines is 1. The molecule has 0 spiro atoms. The van der Waals surface area contributed by atoms with E-state index in [-0.39, 0.29) is 23.4 Å². The van der Waals surface area contributed by atoms with Crippen LogP contribution in [-0.2, 0) is 0 Å². The Morgan fingerprint density at radius 3 is 2.17 bits per heavy atom. The molecule has 0 aliphatic carbocycles. The van der Waals surface area contributed by atoms with Gasteiger partial charge in [-0.05, 0) is 47.4 Å². The molecule has 2 N–H and O–H groups in total. The Balaban J connectivity index is 2.01. The van der Waals surface area contributed by atoms with Gasteiger partial charge in [-0.1, -0.05) is 52.1 Å². The lowest BCUT2D eigenvalue weighted by atomic mass is 9.72. The molecule has 1 aliphatic heterocycles. The van der Waals surface area contributed by atoms with E-state index in [2.05, 4.69) is 28.2 Å². The molecule has 9 heteroatoms. The molecular formula is C26H24BrCl2NO5. The molecule has 0 saturated carbocycles. The van der Waals surface area contributed by atoms with Gasteiger partial charge >= 0.3 is 5.97 Å². The topological polar surface area (TPSA) is 77.0 Å². The third-order valence-electron chi connectivity index (χ3n) is 6.42. The van der Waals surface area contributed by atoms with Crippen molar-refractivity contribution in [2.75, 3.05) is 26.6 Å². The summed E-state index contributed by atoms with van der Waals surface area (Å²) < 4.78 is 17.5. The first kappa shape index (κ1) is 25.5. The number of hydrogen-bond donors (Lipinski definition) is 2. The maximum absolute atomic E-state index is 12.2. The lowest BCUT2D eigenvalue weighted by Crippen LogP contribution is -2.32.